The van der Waals surface area contributed by atoms with Gasteiger partial charge in [0, 0.05) is 49.6 Å². The molecule has 0 aliphatic carbocycles. The van der Waals surface area contributed by atoms with Crippen LogP contribution in [0.3, 0.4) is 0 Å². The average molecular weight is 535 g/mol. The molecular weight excluding hydrogens is 500 g/mol. The number of carbonyl (C=O) groups excluding carboxylic acids is 1. The van der Waals surface area contributed by atoms with Gasteiger partial charge in [-0.1, -0.05) is 0 Å². The van der Waals surface area contributed by atoms with Crippen LogP contribution in [0.2, 0.25) is 0 Å². The number of nitrogens with two attached hydrogens (primary N) is 2. The summed E-state index contributed by atoms with van der Waals surface area (Å²) in [7, 11) is 0. The summed E-state index contributed by atoms with van der Waals surface area (Å²) in [6, 6.07) is 5.20. The molecule has 3 aromatic rings. The number of H-pyrrole nitrogens is 1. The van der Waals surface area contributed by atoms with E-state index in [0.717, 1.165) is 51.0 Å². The van der Waals surface area contributed by atoms with E-state index >= 15 is 0 Å². The Morgan fingerprint density at radius 1 is 1.23 bits per heavy atom. The number of benzene rings is 1. The maximum absolute atomic E-state index is 13.0. The average Bonchev–Trinajstić information content (AvgIpc) is 3.33. The van der Waals surface area contributed by atoms with Crippen molar-refractivity contribution < 1.29 is 9.53 Å². The van der Waals surface area contributed by atoms with Gasteiger partial charge in [-0.05, 0) is 57.0 Å². The lowest BCUT2D eigenvalue weighted by molar-refractivity contribution is 0.0954. The summed E-state index contributed by atoms with van der Waals surface area (Å²) < 4.78 is 7.79. The van der Waals surface area contributed by atoms with Gasteiger partial charge in [0.25, 0.3) is 5.91 Å². The van der Waals surface area contributed by atoms with Gasteiger partial charge in [0.2, 0.25) is 0 Å². The number of anilines is 2. The normalized spacial score (nSPS) is 16.7. The first-order chi connectivity index (χ1) is 19.0. The van der Waals surface area contributed by atoms with Gasteiger partial charge in [0.15, 0.2) is 23.3 Å². The number of ether oxygens (including phenoxy) is 1. The fraction of sp³-hybridized carbons (Fsp3) is 0.423. The van der Waals surface area contributed by atoms with Crippen LogP contribution in [0, 0.1) is 0 Å². The number of fused-ring (bicyclic) bond motifs is 2. The van der Waals surface area contributed by atoms with Crippen LogP contribution in [-0.4, -0.2) is 69.0 Å². The minimum atomic E-state index is -0.327. The molecule has 5 rings (SSSR count). The van der Waals surface area contributed by atoms with Gasteiger partial charge in [-0.2, -0.15) is 4.98 Å². The molecule has 1 saturated heterocycles. The van der Waals surface area contributed by atoms with Gasteiger partial charge in [-0.15, -0.1) is 0 Å². The molecule has 13 heteroatoms. The van der Waals surface area contributed by atoms with Gasteiger partial charge in [-0.3, -0.25) is 14.4 Å². The van der Waals surface area contributed by atoms with Crippen LogP contribution in [0.4, 0.5) is 11.5 Å². The predicted octanol–water partition coefficient (Wildman–Crippen LogP) is 1.48. The number of aliphatic imine (C=N–C) groups is 1. The number of rotatable bonds is 9. The Morgan fingerprint density at radius 3 is 2.95 bits per heavy atom. The molecule has 1 aromatic carbocycles. The largest absolute Gasteiger partial charge is 0.450 e. The predicted molar refractivity (Wildman–Crippen MR) is 148 cm³/mol. The van der Waals surface area contributed by atoms with Crippen LogP contribution in [0.25, 0.3) is 0 Å². The molecule has 13 nitrogen and oxygen atoms in total. The van der Waals surface area contributed by atoms with Gasteiger partial charge in [0.05, 0.1) is 18.2 Å². The summed E-state index contributed by atoms with van der Waals surface area (Å²) in [5, 5.41) is 6.06. The maximum Gasteiger partial charge on any atom is 0.350 e. The van der Waals surface area contributed by atoms with Crippen molar-refractivity contribution in [2.24, 2.45) is 16.5 Å². The highest BCUT2D eigenvalue weighted by Crippen LogP contribution is 2.41. The number of imidazole rings is 1. The lowest BCUT2D eigenvalue weighted by atomic mass is 10.1. The zero-order valence-corrected chi connectivity index (χ0v) is 21.7. The van der Waals surface area contributed by atoms with Gasteiger partial charge in [-0.25, -0.2) is 9.78 Å². The summed E-state index contributed by atoms with van der Waals surface area (Å²) in [5.41, 5.74) is 12.5. The lowest BCUT2D eigenvalue weighted by Crippen LogP contribution is -2.30. The molecule has 1 fully saturated rings. The highest BCUT2D eigenvalue weighted by molar-refractivity contribution is 5.96. The minimum Gasteiger partial charge on any atom is -0.450 e. The van der Waals surface area contributed by atoms with E-state index in [1.54, 1.807) is 41.5 Å². The Kier molecular flexibility index (Phi) is 8.06. The number of hydrogen-bond acceptors (Lipinski definition) is 8. The number of aromatic nitrogens is 4. The summed E-state index contributed by atoms with van der Waals surface area (Å²) in [6.45, 7) is 3.85. The molecule has 4 heterocycles. The molecule has 0 spiro atoms. The van der Waals surface area contributed by atoms with Crippen LogP contribution >= 0.6 is 0 Å². The molecule has 2 aliphatic heterocycles. The molecule has 0 saturated carbocycles. The standard InChI is InChI=1S/C26H34N10O3/c27-25(28)31-8-2-11-35-10-1-3-19(7-12-35)36-15-22-23(34-26(36)38)33-20-13-17(4-5-21(20)39-22)24(37)30-9-6-18-14-29-16-32-18/h4-5,13-16,19H,1-3,6-12H2,(H,29,32)(H,30,37)(H4,27,28,31)(H,33,34,38). The van der Waals surface area contributed by atoms with Gasteiger partial charge in [0.1, 0.15) is 0 Å². The number of nitrogens with zero attached hydrogens (tertiary/aromatic N) is 5. The molecule has 2 aromatic heterocycles. The quantitative estimate of drug-likeness (QED) is 0.121. The number of nitrogens with one attached hydrogen (secondary N) is 3. The molecular formula is C26H34N10O3. The molecule has 1 amide bonds. The van der Waals surface area contributed by atoms with E-state index in [2.05, 4.69) is 35.5 Å². The zero-order chi connectivity index (χ0) is 27.2. The van der Waals surface area contributed by atoms with E-state index < -0.39 is 0 Å². The maximum atomic E-state index is 13.0. The molecule has 1 atom stereocenters. The fourth-order valence-corrected chi connectivity index (χ4v) is 4.96. The third-order valence-corrected chi connectivity index (χ3v) is 6.98. The molecule has 39 heavy (non-hydrogen) atoms. The van der Waals surface area contributed by atoms with Crippen LogP contribution in [0.15, 0.2) is 46.7 Å². The lowest BCUT2D eigenvalue weighted by Gasteiger charge is -2.24. The number of likely N-dealkylation sites (tertiary alicyclic amines) is 1. The summed E-state index contributed by atoms with van der Waals surface area (Å²) >= 11 is 0. The summed E-state index contributed by atoms with van der Waals surface area (Å²) in [5.74, 6) is 1.31. The smallest absolute Gasteiger partial charge is 0.350 e. The summed E-state index contributed by atoms with van der Waals surface area (Å²) in [4.78, 5) is 43.3. The number of carbonyl (C=O) groups is 1. The van der Waals surface area contributed by atoms with Crippen molar-refractivity contribution in [3.8, 4) is 11.5 Å². The Balaban J connectivity index is 1.21. The van der Waals surface area contributed by atoms with Crippen LogP contribution in [0.5, 0.6) is 11.5 Å². The van der Waals surface area contributed by atoms with E-state index in [4.69, 9.17) is 16.2 Å². The van der Waals surface area contributed by atoms with Gasteiger partial charge < -0.3 is 36.7 Å². The minimum absolute atomic E-state index is 0.0378. The first kappa shape index (κ1) is 26.2. The highest BCUT2D eigenvalue weighted by atomic mass is 16.5. The first-order valence-corrected chi connectivity index (χ1v) is 13.2. The molecule has 206 valence electrons. The number of amides is 1. The second-order valence-corrected chi connectivity index (χ2v) is 9.75. The first-order valence-electron chi connectivity index (χ1n) is 13.2. The third kappa shape index (κ3) is 6.55. The van der Waals surface area contributed by atoms with E-state index in [1.807, 2.05) is 0 Å². The van der Waals surface area contributed by atoms with E-state index in [-0.39, 0.29) is 23.6 Å². The van der Waals surface area contributed by atoms with Crippen molar-refractivity contribution in [1.29, 1.82) is 0 Å². The molecule has 0 radical (unpaired) electrons. The Labute approximate surface area is 225 Å². The number of aromatic amines is 1. The monoisotopic (exact) mass is 534 g/mol. The van der Waals surface area contributed by atoms with Crippen molar-refractivity contribution in [3.05, 3.63) is 58.7 Å². The molecule has 0 bridgehead atoms. The SMILES string of the molecule is NC(N)=NCCCN1CCCC(n2cc3c(nc2=O)Nc2cc(C(=O)NCCc4cnc[nH]4)ccc2O3)CC1. The Bertz CT molecular complexity index is 1380. The van der Waals surface area contributed by atoms with Crippen molar-refractivity contribution >= 4 is 23.4 Å². The summed E-state index contributed by atoms with van der Waals surface area (Å²) in [6.07, 6.45) is 9.32. The van der Waals surface area contributed by atoms with Crippen molar-refractivity contribution in [3.63, 3.8) is 0 Å². The highest BCUT2D eigenvalue weighted by Gasteiger charge is 2.25. The van der Waals surface area contributed by atoms with Crippen molar-refractivity contribution in [2.75, 3.05) is 38.0 Å². The fourth-order valence-electron chi connectivity index (χ4n) is 4.96. The van der Waals surface area contributed by atoms with E-state index in [9.17, 15) is 9.59 Å². The van der Waals surface area contributed by atoms with E-state index in [1.165, 1.54) is 0 Å². The van der Waals surface area contributed by atoms with Crippen molar-refractivity contribution in [1.82, 2.24) is 29.7 Å². The Hall–Kier alpha value is -4.39. The van der Waals surface area contributed by atoms with Crippen LogP contribution in [-0.2, 0) is 6.42 Å². The molecule has 7 N–H and O–H groups in total. The van der Waals surface area contributed by atoms with Gasteiger partial charge >= 0.3 is 5.69 Å². The zero-order valence-electron chi connectivity index (χ0n) is 21.7. The second-order valence-electron chi connectivity index (χ2n) is 9.75. The van der Waals surface area contributed by atoms with Crippen LogP contribution in [0.1, 0.15) is 47.8 Å². The topological polar surface area (TPSA) is 182 Å². The van der Waals surface area contributed by atoms with Crippen molar-refractivity contribution in [2.45, 2.75) is 38.1 Å². The Morgan fingerprint density at radius 2 is 2.13 bits per heavy atom. The second kappa shape index (κ2) is 12.0. The number of hydrogen-bond donors (Lipinski definition) is 5. The number of guanidine groups is 1. The van der Waals surface area contributed by atoms with E-state index in [0.29, 0.717) is 48.1 Å². The molecule has 2 aliphatic rings. The third-order valence-electron chi connectivity index (χ3n) is 6.98. The molecule has 1 unspecified atom stereocenters. The van der Waals surface area contributed by atoms with Crippen LogP contribution < -0.4 is 32.5 Å².